The van der Waals surface area contributed by atoms with Gasteiger partial charge in [0.05, 0.1) is 0 Å². The molecule has 0 spiro atoms. The number of hydrogen-bond donors (Lipinski definition) is 2. The molecule has 0 amide bonds. The molecule has 0 radical (unpaired) electrons. The highest BCUT2D eigenvalue weighted by Gasteiger charge is 2.19. The summed E-state index contributed by atoms with van der Waals surface area (Å²) in [5, 5.41) is 12.3. The van der Waals surface area contributed by atoms with Crippen LogP contribution in [0.5, 0.6) is 0 Å². The topological polar surface area (TPSA) is 32.3 Å². The van der Waals surface area contributed by atoms with E-state index in [4.69, 9.17) is 5.11 Å². The second kappa shape index (κ2) is 4.43. The van der Waals surface area contributed by atoms with Crippen LogP contribution in [0.3, 0.4) is 0 Å². The standard InChI is InChI=1S/C11H14BrNO/c12-10-2-1-8-6-13-7-9(3-4-14)11(8)5-10/h1-2,5,9,13-14H,3-4,6-7H2/t9-/m0/s1. The minimum absolute atomic E-state index is 0.262. The molecule has 1 heterocycles. The van der Waals surface area contributed by atoms with Crippen LogP contribution in [-0.2, 0) is 6.54 Å². The van der Waals surface area contributed by atoms with E-state index < -0.39 is 0 Å². The van der Waals surface area contributed by atoms with Gasteiger partial charge in [0.25, 0.3) is 0 Å². The van der Waals surface area contributed by atoms with Crippen molar-refractivity contribution < 1.29 is 5.11 Å². The summed E-state index contributed by atoms with van der Waals surface area (Å²) in [5.41, 5.74) is 2.74. The minimum Gasteiger partial charge on any atom is -0.396 e. The van der Waals surface area contributed by atoms with Crippen LogP contribution in [0.15, 0.2) is 22.7 Å². The van der Waals surface area contributed by atoms with Crippen LogP contribution in [0, 0.1) is 0 Å². The molecule has 2 N–H and O–H groups in total. The number of aliphatic hydroxyl groups is 1. The van der Waals surface area contributed by atoms with Gasteiger partial charge < -0.3 is 10.4 Å². The Labute approximate surface area is 92.5 Å². The molecule has 76 valence electrons. The van der Waals surface area contributed by atoms with Crippen molar-refractivity contribution in [1.29, 1.82) is 0 Å². The SMILES string of the molecule is OCC[C@H]1CNCc2ccc(Br)cc21. The van der Waals surface area contributed by atoms with Gasteiger partial charge in [-0.1, -0.05) is 22.0 Å². The Morgan fingerprint density at radius 2 is 2.36 bits per heavy atom. The Hall–Kier alpha value is -0.380. The van der Waals surface area contributed by atoms with Gasteiger partial charge in [-0.3, -0.25) is 0 Å². The summed E-state index contributed by atoms with van der Waals surface area (Å²) < 4.78 is 1.13. The molecule has 1 aromatic rings. The fraction of sp³-hybridized carbons (Fsp3) is 0.455. The van der Waals surface area contributed by atoms with Crippen molar-refractivity contribution in [2.75, 3.05) is 13.2 Å². The molecule has 0 saturated heterocycles. The first kappa shape index (κ1) is 10.1. The van der Waals surface area contributed by atoms with Gasteiger partial charge in [-0.25, -0.2) is 0 Å². The molecule has 2 nitrogen and oxygen atoms in total. The molecule has 3 heteroatoms. The van der Waals surface area contributed by atoms with Crippen molar-refractivity contribution in [2.24, 2.45) is 0 Å². The fourth-order valence-corrected chi connectivity index (χ4v) is 2.39. The van der Waals surface area contributed by atoms with Crippen LogP contribution in [0.1, 0.15) is 23.5 Å². The number of benzene rings is 1. The average Bonchev–Trinajstić information content (AvgIpc) is 2.19. The Bertz CT molecular complexity index is 327. The highest BCUT2D eigenvalue weighted by Crippen LogP contribution is 2.28. The van der Waals surface area contributed by atoms with E-state index in [9.17, 15) is 0 Å². The predicted molar refractivity (Wildman–Crippen MR) is 60.3 cm³/mol. The van der Waals surface area contributed by atoms with E-state index in [0.29, 0.717) is 5.92 Å². The molecule has 2 rings (SSSR count). The van der Waals surface area contributed by atoms with Gasteiger partial charge in [0.2, 0.25) is 0 Å². The number of halogens is 1. The molecule has 1 atom stereocenters. The minimum atomic E-state index is 0.262. The van der Waals surface area contributed by atoms with Crippen LogP contribution >= 0.6 is 15.9 Å². The number of rotatable bonds is 2. The van der Waals surface area contributed by atoms with Crippen molar-refractivity contribution in [3.8, 4) is 0 Å². The maximum Gasteiger partial charge on any atom is 0.0437 e. The quantitative estimate of drug-likeness (QED) is 0.848. The van der Waals surface area contributed by atoms with Gasteiger partial charge in [0.1, 0.15) is 0 Å². The lowest BCUT2D eigenvalue weighted by atomic mass is 9.89. The molecular weight excluding hydrogens is 242 g/mol. The molecule has 1 aliphatic heterocycles. The van der Waals surface area contributed by atoms with Gasteiger partial charge in [-0.05, 0) is 35.6 Å². The van der Waals surface area contributed by atoms with E-state index in [2.05, 4.69) is 39.4 Å². The highest BCUT2D eigenvalue weighted by molar-refractivity contribution is 9.10. The summed E-state index contributed by atoms with van der Waals surface area (Å²) in [6.45, 7) is 2.19. The van der Waals surface area contributed by atoms with Crippen molar-refractivity contribution in [2.45, 2.75) is 18.9 Å². The first-order valence-corrected chi connectivity index (χ1v) is 5.70. The Morgan fingerprint density at radius 3 is 3.14 bits per heavy atom. The molecule has 0 bridgehead atoms. The lowest BCUT2D eigenvalue weighted by molar-refractivity contribution is 0.271. The molecule has 1 aliphatic rings. The summed E-state index contributed by atoms with van der Waals surface area (Å²) in [6, 6.07) is 6.40. The summed E-state index contributed by atoms with van der Waals surface area (Å²) in [7, 11) is 0. The molecule has 14 heavy (non-hydrogen) atoms. The summed E-state index contributed by atoms with van der Waals surface area (Å²) in [4.78, 5) is 0. The van der Waals surface area contributed by atoms with E-state index in [0.717, 1.165) is 24.0 Å². The summed E-state index contributed by atoms with van der Waals surface area (Å²) in [5.74, 6) is 0.459. The number of aliphatic hydroxyl groups excluding tert-OH is 1. The lowest BCUT2D eigenvalue weighted by Crippen LogP contribution is -2.28. The maximum atomic E-state index is 8.97. The fourth-order valence-electron chi connectivity index (χ4n) is 2.01. The molecule has 1 aromatic carbocycles. The van der Waals surface area contributed by atoms with Crippen molar-refractivity contribution in [3.63, 3.8) is 0 Å². The van der Waals surface area contributed by atoms with Crippen molar-refractivity contribution >= 4 is 15.9 Å². The van der Waals surface area contributed by atoms with Gasteiger partial charge in [-0.2, -0.15) is 0 Å². The molecule has 0 aromatic heterocycles. The molecular formula is C11H14BrNO. The van der Waals surface area contributed by atoms with Gasteiger partial charge in [0.15, 0.2) is 0 Å². The van der Waals surface area contributed by atoms with E-state index in [1.54, 1.807) is 0 Å². The lowest BCUT2D eigenvalue weighted by Gasteiger charge is -2.26. The molecule has 0 aliphatic carbocycles. The van der Waals surface area contributed by atoms with Crippen molar-refractivity contribution in [1.82, 2.24) is 5.32 Å². The molecule has 0 unspecified atom stereocenters. The van der Waals surface area contributed by atoms with Crippen LogP contribution in [0.4, 0.5) is 0 Å². The third-order valence-corrected chi connectivity index (χ3v) is 3.22. The van der Waals surface area contributed by atoms with Crippen LogP contribution in [0.25, 0.3) is 0 Å². The Morgan fingerprint density at radius 1 is 1.50 bits per heavy atom. The van der Waals surface area contributed by atoms with Crippen molar-refractivity contribution in [3.05, 3.63) is 33.8 Å². The number of fused-ring (bicyclic) bond motifs is 1. The zero-order valence-electron chi connectivity index (χ0n) is 7.96. The third-order valence-electron chi connectivity index (χ3n) is 2.73. The average molecular weight is 256 g/mol. The second-order valence-corrected chi connectivity index (χ2v) is 4.60. The first-order valence-electron chi connectivity index (χ1n) is 4.91. The van der Waals surface area contributed by atoms with Gasteiger partial charge >= 0.3 is 0 Å². The summed E-state index contributed by atoms with van der Waals surface area (Å²) >= 11 is 3.49. The van der Waals surface area contributed by atoms with E-state index in [1.165, 1.54) is 11.1 Å². The number of hydrogen-bond acceptors (Lipinski definition) is 2. The van der Waals surface area contributed by atoms with E-state index in [-0.39, 0.29) is 6.61 Å². The highest BCUT2D eigenvalue weighted by atomic mass is 79.9. The zero-order valence-corrected chi connectivity index (χ0v) is 9.55. The second-order valence-electron chi connectivity index (χ2n) is 3.68. The van der Waals surface area contributed by atoms with Crippen LogP contribution < -0.4 is 5.32 Å². The molecule has 0 fully saturated rings. The van der Waals surface area contributed by atoms with E-state index >= 15 is 0 Å². The number of nitrogens with one attached hydrogen (secondary N) is 1. The smallest absolute Gasteiger partial charge is 0.0437 e. The Balaban J connectivity index is 2.32. The predicted octanol–water partition coefficient (Wildman–Crippen LogP) is 2.02. The third kappa shape index (κ3) is 2.00. The largest absolute Gasteiger partial charge is 0.396 e. The van der Waals surface area contributed by atoms with Gasteiger partial charge in [0, 0.05) is 24.2 Å². The summed E-state index contributed by atoms with van der Waals surface area (Å²) in [6.07, 6.45) is 0.844. The monoisotopic (exact) mass is 255 g/mol. The maximum absolute atomic E-state index is 8.97. The normalized spacial score (nSPS) is 20.6. The first-order chi connectivity index (χ1) is 6.81. The Kier molecular flexibility index (Phi) is 3.21. The zero-order chi connectivity index (χ0) is 9.97. The van der Waals surface area contributed by atoms with E-state index in [1.807, 2.05) is 0 Å². The van der Waals surface area contributed by atoms with Gasteiger partial charge in [-0.15, -0.1) is 0 Å². The van der Waals surface area contributed by atoms with Crippen LogP contribution in [-0.4, -0.2) is 18.3 Å². The molecule has 0 saturated carbocycles. The van der Waals surface area contributed by atoms with Crippen LogP contribution in [0.2, 0.25) is 0 Å².